The lowest BCUT2D eigenvalue weighted by atomic mass is 10.1. The summed E-state index contributed by atoms with van der Waals surface area (Å²) in [6.45, 7) is 1.52. The maximum Gasteiger partial charge on any atom is 0.333 e. The Bertz CT molecular complexity index is 1560. The van der Waals surface area contributed by atoms with E-state index in [-0.39, 0.29) is 23.5 Å². The van der Waals surface area contributed by atoms with Crippen molar-refractivity contribution in [3.05, 3.63) is 97.7 Å². The Balaban J connectivity index is 1.73. The van der Waals surface area contributed by atoms with Crippen molar-refractivity contribution >= 4 is 51.8 Å². The van der Waals surface area contributed by atoms with Crippen LogP contribution in [0.5, 0.6) is 0 Å². The van der Waals surface area contributed by atoms with Crippen molar-refractivity contribution in [2.75, 3.05) is 11.9 Å². The second-order valence-corrected chi connectivity index (χ2v) is 8.46. The molecule has 4 aromatic rings. The second kappa shape index (κ2) is 10.3. The lowest BCUT2D eigenvalue weighted by Crippen LogP contribution is -2.36. The molecule has 0 atom stereocenters. The fraction of sp³-hybridized carbons (Fsp3) is 0.115. The number of aromatic nitrogens is 1. The van der Waals surface area contributed by atoms with E-state index in [1.54, 1.807) is 19.1 Å². The van der Waals surface area contributed by atoms with Crippen molar-refractivity contribution in [1.82, 2.24) is 4.57 Å². The van der Waals surface area contributed by atoms with Crippen LogP contribution in [0, 0.1) is 5.82 Å². The molecule has 0 fully saturated rings. The zero-order valence-corrected chi connectivity index (χ0v) is 19.1. The van der Waals surface area contributed by atoms with E-state index in [0.29, 0.717) is 4.53 Å². The number of rotatable bonds is 6. The Morgan fingerprint density at radius 2 is 1.85 bits per heavy atom. The van der Waals surface area contributed by atoms with Crippen LogP contribution in [0.1, 0.15) is 12.5 Å². The van der Waals surface area contributed by atoms with E-state index in [2.05, 4.69) is 5.32 Å². The topological polar surface area (TPSA) is 77.4 Å². The maximum atomic E-state index is 13.4. The molecule has 0 spiro atoms. The Kier molecular flexibility index (Phi) is 6.98. The van der Waals surface area contributed by atoms with Gasteiger partial charge >= 0.3 is 5.97 Å². The zero-order valence-electron chi connectivity index (χ0n) is 18.3. The van der Waals surface area contributed by atoms with Gasteiger partial charge in [-0.2, -0.15) is 0 Å². The molecule has 0 saturated carbocycles. The van der Waals surface area contributed by atoms with Gasteiger partial charge in [0.25, 0.3) is 5.56 Å². The number of amides is 1. The summed E-state index contributed by atoms with van der Waals surface area (Å²) >= 11 is 1.09. The minimum atomic E-state index is -0.611. The van der Waals surface area contributed by atoms with Gasteiger partial charge in [-0.15, -0.1) is 11.3 Å². The van der Waals surface area contributed by atoms with E-state index in [0.717, 1.165) is 27.7 Å². The maximum absolute atomic E-state index is 13.4. The van der Waals surface area contributed by atoms with Gasteiger partial charge in [-0.3, -0.25) is 14.2 Å². The Morgan fingerprint density at radius 3 is 2.62 bits per heavy atom. The molecule has 0 radical (unpaired) electrons. The molecule has 0 unspecified atom stereocenters. The third kappa shape index (κ3) is 5.47. The van der Waals surface area contributed by atoms with Crippen LogP contribution in [-0.4, -0.2) is 23.1 Å². The normalized spacial score (nSPS) is 12.2. The van der Waals surface area contributed by atoms with Gasteiger partial charge in [0.1, 0.15) is 17.0 Å². The van der Waals surface area contributed by atoms with Crippen LogP contribution in [0.15, 0.2) is 71.5 Å². The molecule has 3 aromatic carbocycles. The molecule has 6 nitrogen and oxygen atoms in total. The summed E-state index contributed by atoms with van der Waals surface area (Å²) in [5, 5.41) is 4.67. The molecular formula is C26H21FN2O4S. The van der Waals surface area contributed by atoms with E-state index in [1.807, 2.05) is 42.5 Å². The molecule has 0 aliphatic carbocycles. The molecule has 172 valence electrons. The number of hydrogen-bond donors (Lipinski definition) is 1. The third-order valence-electron chi connectivity index (χ3n) is 4.95. The minimum Gasteiger partial charge on any atom is -0.463 e. The van der Waals surface area contributed by atoms with Crippen molar-refractivity contribution in [2.24, 2.45) is 0 Å². The van der Waals surface area contributed by atoms with E-state index < -0.39 is 23.3 Å². The number of thiazole rings is 1. The second-order valence-electron chi connectivity index (χ2n) is 7.40. The monoisotopic (exact) mass is 476 g/mol. The number of nitrogens with one attached hydrogen (secondary N) is 1. The number of nitrogens with zero attached hydrogens (tertiary/aromatic N) is 1. The first-order valence-electron chi connectivity index (χ1n) is 10.6. The van der Waals surface area contributed by atoms with Crippen molar-refractivity contribution in [3.63, 3.8) is 0 Å². The fourth-order valence-electron chi connectivity index (χ4n) is 3.44. The lowest BCUT2D eigenvalue weighted by molar-refractivity contribution is -0.135. The summed E-state index contributed by atoms with van der Waals surface area (Å²) in [6, 6.07) is 19.2. The molecule has 34 heavy (non-hydrogen) atoms. The molecule has 4 rings (SSSR count). The highest BCUT2D eigenvalue weighted by Crippen LogP contribution is 2.16. The van der Waals surface area contributed by atoms with Gasteiger partial charge in [0.05, 0.1) is 17.2 Å². The summed E-state index contributed by atoms with van der Waals surface area (Å²) in [7, 11) is 0. The van der Waals surface area contributed by atoms with E-state index in [1.165, 1.54) is 28.8 Å². The summed E-state index contributed by atoms with van der Waals surface area (Å²) in [4.78, 5) is 37.8. The lowest BCUT2D eigenvalue weighted by Gasteiger charge is -2.06. The third-order valence-corrected chi connectivity index (χ3v) is 6.01. The van der Waals surface area contributed by atoms with Crippen molar-refractivity contribution in [3.8, 4) is 0 Å². The average molecular weight is 477 g/mol. The van der Waals surface area contributed by atoms with Crippen molar-refractivity contribution in [1.29, 1.82) is 0 Å². The highest BCUT2D eigenvalue weighted by Gasteiger charge is 2.12. The van der Waals surface area contributed by atoms with Gasteiger partial charge in [0.2, 0.25) is 5.91 Å². The van der Waals surface area contributed by atoms with E-state index >= 15 is 0 Å². The van der Waals surface area contributed by atoms with Crippen LogP contribution >= 0.6 is 11.3 Å². The SMILES string of the molecule is CCOC(=O)/C=c1\s/c(=C\c2ccc3ccccc3c2)c(=O)n1CC(=O)Nc1cccc(F)c1. The highest BCUT2D eigenvalue weighted by atomic mass is 32.1. The van der Waals surface area contributed by atoms with Crippen LogP contribution in [0.25, 0.3) is 22.9 Å². The highest BCUT2D eigenvalue weighted by molar-refractivity contribution is 7.07. The number of halogens is 1. The first kappa shape index (κ1) is 23.1. The van der Waals surface area contributed by atoms with Gasteiger partial charge in [-0.1, -0.05) is 42.5 Å². The van der Waals surface area contributed by atoms with Crippen LogP contribution in [-0.2, 0) is 20.9 Å². The minimum absolute atomic E-state index is 0.182. The Morgan fingerprint density at radius 1 is 1.06 bits per heavy atom. The molecule has 0 aliphatic rings. The molecule has 8 heteroatoms. The zero-order chi connectivity index (χ0) is 24.1. The molecule has 0 saturated heterocycles. The molecule has 0 aliphatic heterocycles. The average Bonchev–Trinajstić information content (AvgIpc) is 3.07. The molecule has 1 aromatic heterocycles. The first-order chi connectivity index (χ1) is 16.4. The summed E-state index contributed by atoms with van der Waals surface area (Å²) in [5.74, 6) is -1.63. The van der Waals surface area contributed by atoms with Gasteiger partial charge in [0.15, 0.2) is 0 Å². The first-order valence-corrected chi connectivity index (χ1v) is 11.4. The Labute approximate surface area is 198 Å². The molecule has 1 amide bonds. The van der Waals surface area contributed by atoms with E-state index in [9.17, 15) is 18.8 Å². The number of esters is 1. The van der Waals surface area contributed by atoms with Gasteiger partial charge in [-0.25, -0.2) is 9.18 Å². The fourth-order valence-corrected chi connectivity index (χ4v) is 4.47. The quantitative estimate of drug-likeness (QED) is 0.434. The largest absolute Gasteiger partial charge is 0.463 e. The van der Waals surface area contributed by atoms with Gasteiger partial charge < -0.3 is 10.1 Å². The van der Waals surface area contributed by atoms with Gasteiger partial charge in [-0.05, 0) is 53.6 Å². The summed E-state index contributed by atoms with van der Waals surface area (Å²) < 4.78 is 20.3. The predicted octanol–water partition coefficient (Wildman–Crippen LogP) is 3.01. The Hall–Kier alpha value is -4.04. The molecule has 1 N–H and O–H groups in total. The smallest absolute Gasteiger partial charge is 0.333 e. The number of ether oxygens (including phenoxy) is 1. The standard InChI is InChI=1S/C26H21FN2O4S/c1-2-33-25(31)15-24-29(16-23(30)28-21-9-5-8-20(27)14-21)26(32)22(34-24)13-17-10-11-18-6-3-4-7-19(18)12-17/h3-15H,2,16H2,1H3,(H,28,30)/b22-13-,24-15-. The number of fused-ring (bicyclic) bond motifs is 1. The van der Waals surface area contributed by atoms with Crippen molar-refractivity contribution < 1.29 is 18.7 Å². The van der Waals surface area contributed by atoms with E-state index in [4.69, 9.17) is 4.74 Å². The number of benzene rings is 3. The molecule has 1 heterocycles. The number of hydrogen-bond acceptors (Lipinski definition) is 5. The summed E-state index contributed by atoms with van der Waals surface area (Å²) in [5.41, 5.74) is 0.673. The predicted molar refractivity (Wildman–Crippen MR) is 131 cm³/mol. The van der Waals surface area contributed by atoms with Crippen LogP contribution in [0.2, 0.25) is 0 Å². The number of carbonyl (C=O) groups is 2. The van der Waals surface area contributed by atoms with Crippen LogP contribution < -0.4 is 20.1 Å². The summed E-state index contributed by atoms with van der Waals surface area (Å²) in [6.07, 6.45) is 2.92. The number of anilines is 1. The molecular weight excluding hydrogens is 455 g/mol. The van der Waals surface area contributed by atoms with Crippen molar-refractivity contribution in [2.45, 2.75) is 13.5 Å². The number of carbonyl (C=O) groups excluding carboxylic acids is 2. The molecule has 0 bridgehead atoms. The van der Waals surface area contributed by atoms with Crippen LogP contribution in [0.4, 0.5) is 10.1 Å². The van der Waals surface area contributed by atoms with Crippen LogP contribution in [0.3, 0.4) is 0 Å². The van der Waals surface area contributed by atoms with Gasteiger partial charge in [0, 0.05) is 5.69 Å².